The fraction of sp³-hybridized carbons (Fsp3) is 0.433. The number of amides is 1. The molecule has 218 valence electrons. The summed E-state index contributed by atoms with van der Waals surface area (Å²) in [7, 11) is 0. The zero-order valence-corrected chi connectivity index (χ0v) is 23.5. The van der Waals surface area contributed by atoms with E-state index in [1.54, 1.807) is 15.9 Å². The predicted molar refractivity (Wildman–Crippen MR) is 153 cm³/mol. The number of aryl methyl sites for hydroxylation is 2. The predicted octanol–water partition coefficient (Wildman–Crippen LogP) is 3.40. The number of halogens is 2. The van der Waals surface area contributed by atoms with Gasteiger partial charge in [0.1, 0.15) is 23.3 Å². The molecule has 1 aromatic carbocycles. The second-order valence-electron chi connectivity index (χ2n) is 10.9. The van der Waals surface area contributed by atoms with Crippen LogP contribution in [0.15, 0.2) is 42.7 Å². The molecule has 2 aromatic heterocycles. The number of carbonyl (C=O) groups excluding carboxylic acids is 1. The Labute approximate surface area is 238 Å². The monoisotopic (exact) mass is 566 g/mol. The van der Waals surface area contributed by atoms with Crippen LogP contribution >= 0.6 is 0 Å². The van der Waals surface area contributed by atoms with Gasteiger partial charge in [-0.2, -0.15) is 0 Å². The van der Waals surface area contributed by atoms with Crippen molar-refractivity contribution in [1.82, 2.24) is 14.9 Å². The molecule has 5 rings (SSSR count). The average Bonchev–Trinajstić information content (AvgIpc) is 2.96. The highest BCUT2D eigenvalue weighted by Crippen LogP contribution is 2.31. The Bertz CT molecular complexity index is 1380. The molecule has 3 aromatic rings. The number of piperidine rings is 1. The van der Waals surface area contributed by atoms with E-state index in [-0.39, 0.29) is 24.3 Å². The van der Waals surface area contributed by atoms with Gasteiger partial charge in [0.05, 0.1) is 18.4 Å². The Balaban J connectivity index is 1.30. The SMILES string of the molecule is Cc1cc(C)c(C(=O)N2CCN(c3ccc(F)cn3)[C@H](C(O)O)C2)c(C)c1NC1CCN(c2ccc(F)cn2)CC1. The number of benzene rings is 1. The fourth-order valence-electron chi connectivity index (χ4n) is 5.98. The zero-order valence-electron chi connectivity index (χ0n) is 23.5. The summed E-state index contributed by atoms with van der Waals surface area (Å²) < 4.78 is 26.7. The van der Waals surface area contributed by atoms with Crippen molar-refractivity contribution in [2.24, 2.45) is 0 Å². The summed E-state index contributed by atoms with van der Waals surface area (Å²) in [4.78, 5) is 27.7. The topological polar surface area (TPSA) is 105 Å². The second-order valence-corrected chi connectivity index (χ2v) is 10.9. The Morgan fingerprint density at radius 3 is 2.15 bits per heavy atom. The molecule has 1 amide bonds. The van der Waals surface area contributed by atoms with Crippen molar-refractivity contribution in [1.29, 1.82) is 0 Å². The van der Waals surface area contributed by atoms with Crippen LogP contribution in [0.2, 0.25) is 0 Å². The lowest BCUT2D eigenvalue weighted by Gasteiger charge is -2.43. The molecule has 11 heteroatoms. The molecule has 2 aliphatic heterocycles. The van der Waals surface area contributed by atoms with E-state index in [1.807, 2.05) is 26.8 Å². The first-order valence-electron chi connectivity index (χ1n) is 13.9. The maximum absolute atomic E-state index is 13.9. The molecule has 0 unspecified atom stereocenters. The fourth-order valence-corrected chi connectivity index (χ4v) is 5.98. The normalized spacial score (nSPS) is 18.2. The van der Waals surface area contributed by atoms with Crippen molar-refractivity contribution < 1.29 is 23.8 Å². The van der Waals surface area contributed by atoms with Crippen LogP contribution in [0.4, 0.5) is 26.1 Å². The summed E-state index contributed by atoms with van der Waals surface area (Å²) >= 11 is 0. The number of carbonyl (C=O) groups is 1. The van der Waals surface area contributed by atoms with Gasteiger partial charge >= 0.3 is 0 Å². The molecule has 2 fully saturated rings. The van der Waals surface area contributed by atoms with Gasteiger partial charge in [-0.25, -0.2) is 18.7 Å². The van der Waals surface area contributed by atoms with Gasteiger partial charge in [-0.3, -0.25) is 4.79 Å². The molecule has 9 nitrogen and oxygen atoms in total. The molecule has 0 bridgehead atoms. The first-order chi connectivity index (χ1) is 19.6. The highest BCUT2D eigenvalue weighted by atomic mass is 19.1. The number of pyridine rings is 2. The van der Waals surface area contributed by atoms with Crippen molar-refractivity contribution in [3.63, 3.8) is 0 Å². The summed E-state index contributed by atoms with van der Waals surface area (Å²) in [5.41, 5.74) is 4.31. The minimum Gasteiger partial charge on any atom is -0.382 e. The Morgan fingerprint density at radius 2 is 1.56 bits per heavy atom. The number of piperazine rings is 1. The molecule has 4 heterocycles. The largest absolute Gasteiger partial charge is 0.382 e. The molecule has 0 saturated carbocycles. The molecular weight excluding hydrogens is 530 g/mol. The van der Waals surface area contributed by atoms with E-state index >= 15 is 0 Å². The van der Waals surface area contributed by atoms with Gasteiger partial charge < -0.3 is 30.2 Å². The quantitative estimate of drug-likeness (QED) is 0.390. The third-order valence-corrected chi connectivity index (χ3v) is 8.12. The smallest absolute Gasteiger partial charge is 0.254 e. The zero-order chi connectivity index (χ0) is 29.3. The molecule has 2 saturated heterocycles. The standard InChI is InChI=1S/C30H36F2N6O3/c1-18-14-19(2)28(35-23-8-10-36(11-9-23)25-6-4-21(31)15-33-25)20(3)27(18)29(39)37-12-13-38(24(17-37)30(40)41)26-7-5-22(32)16-34-26/h4-7,14-16,23-24,30,35,40-41H,8-13,17H2,1-3H3/t24-/m0/s1. The van der Waals surface area contributed by atoms with E-state index in [0.29, 0.717) is 24.5 Å². The molecular formula is C30H36F2N6O3. The number of aliphatic hydroxyl groups excluding tert-OH is 1. The third kappa shape index (κ3) is 6.11. The van der Waals surface area contributed by atoms with E-state index in [9.17, 15) is 23.8 Å². The first kappa shape index (κ1) is 28.7. The summed E-state index contributed by atoms with van der Waals surface area (Å²) in [6, 6.07) is 7.30. The van der Waals surface area contributed by atoms with E-state index < -0.39 is 18.1 Å². The van der Waals surface area contributed by atoms with Gasteiger partial charge in [0.15, 0.2) is 6.29 Å². The van der Waals surface area contributed by atoms with E-state index in [0.717, 1.165) is 60.3 Å². The van der Waals surface area contributed by atoms with Gasteiger partial charge in [-0.15, -0.1) is 0 Å². The van der Waals surface area contributed by atoms with Gasteiger partial charge in [0.25, 0.3) is 5.91 Å². The summed E-state index contributed by atoms with van der Waals surface area (Å²) in [5.74, 6) is 0.191. The van der Waals surface area contributed by atoms with Crippen LogP contribution in [0.1, 0.15) is 39.9 Å². The summed E-state index contributed by atoms with van der Waals surface area (Å²) in [6.07, 6.45) is 2.34. The van der Waals surface area contributed by atoms with E-state index in [2.05, 4.69) is 20.2 Å². The minimum absolute atomic E-state index is 0.0843. The lowest BCUT2D eigenvalue weighted by atomic mass is 9.94. The van der Waals surface area contributed by atoms with Crippen LogP contribution in [0.3, 0.4) is 0 Å². The van der Waals surface area contributed by atoms with Crippen molar-refractivity contribution in [2.75, 3.05) is 47.8 Å². The molecule has 3 N–H and O–H groups in total. The molecule has 0 spiro atoms. The summed E-state index contributed by atoms with van der Waals surface area (Å²) in [6.45, 7) is 8.22. The van der Waals surface area contributed by atoms with E-state index in [4.69, 9.17) is 0 Å². The molecule has 1 atom stereocenters. The average molecular weight is 567 g/mol. The Morgan fingerprint density at radius 1 is 0.927 bits per heavy atom. The van der Waals surface area contributed by atoms with E-state index in [1.165, 1.54) is 24.4 Å². The van der Waals surface area contributed by atoms with Crippen LogP contribution in [-0.4, -0.2) is 82.1 Å². The number of hydrogen-bond acceptors (Lipinski definition) is 8. The number of nitrogens with zero attached hydrogens (tertiary/aromatic N) is 5. The third-order valence-electron chi connectivity index (χ3n) is 8.12. The van der Waals surface area contributed by atoms with Crippen LogP contribution in [0.25, 0.3) is 0 Å². The molecule has 41 heavy (non-hydrogen) atoms. The van der Waals surface area contributed by atoms with Crippen molar-refractivity contribution >= 4 is 23.2 Å². The van der Waals surface area contributed by atoms with Crippen LogP contribution in [0.5, 0.6) is 0 Å². The van der Waals surface area contributed by atoms with Gasteiger partial charge in [-0.05, 0) is 74.6 Å². The lowest BCUT2D eigenvalue weighted by Crippen LogP contribution is -2.59. The highest BCUT2D eigenvalue weighted by Gasteiger charge is 2.36. The van der Waals surface area contributed by atoms with Crippen LogP contribution in [-0.2, 0) is 0 Å². The first-order valence-corrected chi connectivity index (χ1v) is 13.9. The van der Waals surface area contributed by atoms with Crippen molar-refractivity contribution in [3.05, 3.63) is 76.6 Å². The molecule has 0 radical (unpaired) electrons. The second kappa shape index (κ2) is 12.0. The van der Waals surface area contributed by atoms with Gasteiger partial charge in [0, 0.05) is 50.0 Å². The van der Waals surface area contributed by atoms with Gasteiger partial charge in [-0.1, -0.05) is 6.07 Å². The van der Waals surface area contributed by atoms with Crippen LogP contribution < -0.4 is 15.1 Å². The Kier molecular flexibility index (Phi) is 8.37. The number of aliphatic hydroxyl groups is 2. The minimum atomic E-state index is -1.72. The van der Waals surface area contributed by atoms with Crippen molar-refractivity contribution in [3.8, 4) is 0 Å². The summed E-state index contributed by atoms with van der Waals surface area (Å²) in [5, 5.41) is 24.0. The lowest BCUT2D eigenvalue weighted by molar-refractivity contribution is -0.0685. The maximum Gasteiger partial charge on any atom is 0.254 e. The number of hydrogen-bond donors (Lipinski definition) is 3. The van der Waals surface area contributed by atoms with Gasteiger partial charge in [0.2, 0.25) is 0 Å². The number of nitrogens with one attached hydrogen (secondary N) is 1. The Hall–Kier alpha value is -3.83. The number of anilines is 3. The number of rotatable bonds is 6. The highest BCUT2D eigenvalue weighted by molar-refractivity contribution is 5.99. The number of aromatic nitrogens is 2. The van der Waals surface area contributed by atoms with Crippen molar-refractivity contribution in [2.45, 2.75) is 52.0 Å². The maximum atomic E-state index is 13.9. The molecule has 0 aliphatic carbocycles. The van der Waals surface area contributed by atoms with Crippen LogP contribution in [0, 0.1) is 32.4 Å². The molecule has 2 aliphatic rings.